The van der Waals surface area contributed by atoms with Crippen LogP contribution >= 0.6 is 7.82 Å². The Morgan fingerprint density at radius 2 is 1.13 bits per heavy atom. The molecule has 0 heterocycles. The minimum atomic E-state index is -4.19. The third-order valence-electron chi connectivity index (χ3n) is 5.07. The van der Waals surface area contributed by atoms with E-state index in [4.69, 9.17) is 4.74 Å². The summed E-state index contributed by atoms with van der Waals surface area (Å²) in [5.74, 6) is -0.222. The first-order chi connectivity index (χ1) is 14.5. The van der Waals surface area contributed by atoms with Gasteiger partial charge in [0.05, 0.1) is 19.8 Å². The van der Waals surface area contributed by atoms with Crippen LogP contribution in [0.5, 0.6) is 0 Å². The Hall–Kier alpha value is -0.420. The van der Waals surface area contributed by atoms with E-state index in [1.54, 1.807) is 6.92 Å². The lowest BCUT2D eigenvalue weighted by molar-refractivity contribution is -0.225. The molecule has 1 atom stereocenters. The molecule has 0 aromatic carbocycles. The molecule has 0 bridgehead atoms. The third-order valence-corrected chi connectivity index (χ3v) is 6.15. The van der Waals surface area contributed by atoms with E-state index in [2.05, 4.69) is 16.0 Å². The highest BCUT2D eigenvalue weighted by molar-refractivity contribution is 7.45. The zero-order valence-corrected chi connectivity index (χ0v) is 20.4. The Labute approximate surface area is 185 Å². The number of hydrogen-bond acceptors (Lipinski definition) is 6. The van der Waals surface area contributed by atoms with Crippen molar-refractivity contribution in [2.75, 3.05) is 19.8 Å². The molecule has 0 aromatic heterocycles. The minimum absolute atomic E-state index is 0.0347. The van der Waals surface area contributed by atoms with Crippen LogP contribution < -0.4 is 4.89 Å². The van der Waals surface area contributed by atoms with Gasteiger partial charge in [0.1, 0.15) is 0 Å². The number of rotatable bonds is 23. The van der Waals surface area contributed by atoms with E-state index < -0.39 is 7.82 Å². The number of hydrogen-bond donors (Lipinski definition) is 0. The van der Waals surface area contributed by atoms with Gasteiger partial charge >= 0.3 is 5.97 Å². The fourth-order valence-corrected chi connectivity index (χ4v) is 4.07. The van der Waals surface area contributed by atoms with Crippen molar-refractivity contribution in [2.24, 2.45) is 0 Å². The van der Waals surface area contributed by atoms with Crippen molar-refractivity contribution in [3.05, 3.63) is 0 Å². The zero-order chi connectivity index (χ0) is 22.3. The first-order valence-electron chi connectivity index (χ1n) is 12.3. The normalized spacial score (nSPS) is 13.3. The molecule has 1 unspecified atom stereocenters. The highest BCUT2D eigenvalue weighted by atomic mass is 31.2. The van der Waals surface area contributed by atoms with Gasteiger partial charge in [0.25, 0.3) is 7.82 Å². The lowest BCUT2D eigenvalue weighted by Crippen LogP contribution is -2.11. The van der Waals surface area contributed by atoms with Gasteiger partial charge in [-0.2, -0.15) is 0 Å². The summed E-state index contributed by atoms with van der Waals surface area (Å²) in [5.41, 5.74) is 0. The Kier molecular flexibility index (Phi) is 21.5. The minimum Gasteiger partial charge on any atom is -0.756 e. The smallest absolute Gasteiger partial charge is 0.305 e. The van der Waals surface area contributed by atoms with Crippen LogP contribution in [0.1, 0.15) is 123 Å². The van der Waals surface area contributed by atoms with Crippen LogP contribution in [-0.2, 0) is 23.1 Å². The highest BCUT2D eigenvalue weighted by Gasteiger charge is 2.08. The van der Waals surface area contributed by atoms with Crippen molar-refractivity contribution < 1.29 is 28.0 Å². The summed E-state index contributed by atoms with van der Waals surface area (Å²) in [5, 5.41) is 0. The SMILES string of the molecule is CCCCCCCCCCCCCCCCCC(=O)OCCCOP(=O)([O-])OCC. The van der Waals surface area contributed by atoms with E-state index in [1.807, 2.05) is 0 Å². The van der Waals surface area contributed by atoms with Crippen molar-refractivity contribution in [2.45, 2.75) is 123 Å². The fraction of sp³-hybridized carbons (Fsp3) is 0.957. The zero-order valence-electron chi connectivity index (χ0n) is 19.5. The van der Waals surface area contributed by atoms with Gasteiger partial charge in [-0.15, -0.1) is 0 Å². The van der Waals surface area contributed by atoms with E-state index in [0.29, 0.717) is 12.8 Å². The van der Waals surface area contributed by atoms with Gasteiger partial charge in [0.15, 0.2) is 0 Å². The van der Waals surface area contributed by atoms with Crippen LogP contribution in [0.25, 0.3) is 0 Å². The van der Waals surface area contributed by atoms with Gasteiger partial charge in [0, 0.05) is 12.8 Å². The van der Waals surface area contributed by atoms with E-state index >= 15 is 0 Å². The Bertz CT molecular complexity index is 430. The summed E-state index contributed by atoms with van der Waals surface area (Å²) in [6.07, 6.45) is 20.2. The summed E-state index contributed by atoms with van der Waals surface area (Å²) < 4.78 is 25.3. The van der Waals surface area contributed by atoms with Crippen LogP contribution in [0.2, 0.25) is 0 Å². The van der Waals surface area contributed by atoms with Gasteiger partial charge in [-0.1, -0.05) is 96.8 Å². The topological polar surface area (TPSA) is 84.9 Å². The van der Waals surface area contributed by atoms with E-state index in [9.17, 15) is 14.3 Å². The summed E-state index contributed by atoms with van der Waals surface area (Å²) in [6, 6.07) is 0. The predicted octanol–water partition coefficient (Wildman–Crippen LogP) is 6.70. The molecule has 30 heavy (non-hydrogen) atoms. The third kappa shape index (κ3) is 22.3. The Morgan fingerprint density at radius 3 is 1.60 bits per heavy atom. The average Bonchev–Trinajstić information content (AvgIpc) is 2.70. The maximum Gasteiger partial charge on any atom is 0.305 e. The van der Waals surface area contributed by atoms with E-state index in [0.717, 1.165) is 12.8 Å². The van der Waals surface area contributed by atoms with Gasteiger partial charge < -0.3 is 18.7 Å². The number of ether oxygens (including phenoxy) is 1. The summed E-state index contributed by atoms with van der Waals surface area (Å²) >= 11 is 0. The number of unbranched alkanes of at least 4 members (excludes halogenated alkanes) is 14. The van der Waals surface area contributed by atoms with Gasteiger partial charge in [-0.05, 0) is 13.3 Å². The van der Waals surface area contributed by atoms with Crippen molar-refractivity contribution in [3.8, 4) is 0 Å². The maximum atomic E-state index is 11.6. The molecule has 0 spiro atoms. The second-order valence-corrected chi connectivity index (χ2v) is 9.38. The molecule has 0 N–H and O–H groups in total. The lowest BCUT2D eigenvalue weighted by atomic mass is 10.0. The van der Waals surface area contributed by atoms with Crippen LogP contribution in [0.3, 0.4) is 0 Å². The second kappa shape index (κ2) is 21.8. The molecule has 0 fully saturated rings. The second-order valence-electron chi connectivity index (χ2n) is 7.97. The standard InChI is InChI=1S/C23H47O6P/c1-3-5-6-7-8-9-10-11-12-13-14-15-16-17-18-20-23(24)27-21-19-22-29-30(25,26)28-4-2/h3-22H2,1-2H3,(H,25,26)/p-1. The van der Waals surface area contributed by atoms with E-state index in [-0.39, 0.29) is 25.8 Å². The molecule has 180 valence electrons. The molecular weight excluding hydrogens is 403 g/mol. The predicted molar refractivity (Wildman–Crippen MR) is 120 cm³/mol. The van der Waals surface area contributed by atoms with Crippen LogP contribution in [0.15, 0.2) is 0 Å². The maximum absolute atomic E-state index is 11.6. The number of phosphoric acid groups is 1. The van der Waals surface area contributed by atoms with Crippen LogP contribution in [0.4, 0.5) is 0 Å². The molecule has 0 rings (SSSR count). The molecule has 0 aromatic rings. The molecule has 0 amide bonds. The van der Waals surface area contributed by atoms with Gasteiger partial charge in [-0.3, -0.25) is 9.36 Å². The summed E-state index contributed by atoms with van der Waals surface area (Å²) in [4.78, 5) is 22.8. The summed E-state index contributed by atoms with van der Waals surface area (Å²) in [6.45, 7) is 4.03. The van der Waals surface area contributed by atoms with E-state index in [1.165, 1.54) is 83.5 Å². The van der Waals surface area contributed by atoms with Gasteiger partial charge in [-0.25, -0.2) is 0 Å². The van der Waals surface area contributed by atoms with Crippen molar-refractivity contribution in [1.29, 1.82) is 0 Å². The molecule has 7 heteroatoms. The van der Waals surface area contributed by atoms with Crippen molar-refractivity contribution in [1.82, 2.24) is 0 Å². The molecule has 0 saturated carbocycles. The quantitative estimate of drug-likeness (QED) is 0.0980. The Morgan fingerprint density at radius 1 is 0.667 bits per heavy atom. The van der Waals surface area contributed by atoms with Gasteiger partial charge in [0.2, 0.25) is 0 Å². The molecule has 6 nitrogen and oxygen atoms in total. The number of esters is 1. The van der Waals surface area contributed by atoms with Crippen molar-refractivity contribution >= 4 is 13.8 Å². The number of carbonyl (C=O) groups is 1. The fourth-order valence-electron chi connectivity index (χ4n) is 3.33. The summed E-state index contributed by atoms with van der Waals surface area (Å²) in [7, 11) is -4.19. The van der Waals surface area contributed by atoms with Crippen LogP contribution in [-0.4, -0.2) is 25.8 Å². The molecule has 0 aliphatic carbocycles. The monoisotopic (exact) mass is 449 g/mol. The molecule has 0 aliphatic rings. The molecule has 0 saturated heterocycles. The van der Waals surface area contributed by atoms with Crippen LogP contribution in [0, 0.1) is 0 Å². The van der Waals surface area contributed by atoms with Crippen molar-refractivity contribution in [3.63, 3.8) is 0 Å². The first-order valence-corrected chi connectivity index (χ1v) is 13.7. The largest absolute Gasteiger partial charge is 0.756 e. The molecular formula is C23H46O6P-. The number of phosphoric ester groups is 1. The molecule has 0 aliphatic heterocycles. The lowest BCUT2D eigenvalue weighted by Gasteiger charge is -2.21. The first kappa shape index (κ1) is 29.6. The molecule has 0 radical (unpaired) electrons. The highest BCUT2D eigenvalue weighted by Crippen LogP contribution is 2.37. The average molecular weight is 450 g/mol. The number of carbonyl (C=O) groups excluding carboxylic acids is 1. The Balaban J connectivity index is 3.25.